The van der Waals surface area contributed by atoms with Crippen molar-refractivity contribution < 1.29 is 9.13 Å². The minimum absolute atomic E-state index is 0.0295. The summed E-state index contributed by atoms with van der Waals surface area (Å²) in [5.74, 6) is -0.477. The van der Waals surface area contributed by atoms with Gasteiger partial charge < -0.3 is 10.5 Å². The van der Waals surface area contributed by atoms with Crippen LogP contribution in [0.5, 0.6) is 6.01 Å². The molecule has 0 spiro atoms. The monoisotopic (exact) mass is 254 g/mol. The fraction of sp³-hybridized carbons (Fsp3) is 0.100. The second-order valence-electron chi connectivity index (χ2n) is 3.13. The topological polar surface area (TPSA) is 73.9 Å². The van der Waals surface area contributed by atoms with Gasteiger partial charge in [-0.05, 0) is 18.2 Å². The van der Waals surface area contributed by atoms with Gasteiger partial charge in [0.05, 0.1) is 12.7 Å². The number of methoxy groups -OCH3 is 1. The maximum atomic E-state index is 13.6. The van der Waals surface area contributed by atoms with E-state index < -0.39 is 5.82 Å². The fourth-order valence-corrected chi connectivity index (χ4v) is 1.41. The van der Waals surface area contributed by atoms with E-state index in [0.717, 1.165) is 0 Å². The van der Waals surface area contributed by atoms with Gasteiger partial charge in [0.15, 0.2) is 5.82 Å². The third kappa shape index (κ3) is 2.42. The van der Waals surface area contributed by atoms with Crippen molar-refractivity contribution in [3.63, 3.8) is 0 Å². The number of nitrogen functional groups attached to an aromatic ring is 1. The molecule has 0 saturated carbocycles. The number of rotatable bonds is 2. The molecule has 0 atom stereocenters. The Labute approximate surface area is 101 Å². The lowest BCUT2D eigenvalue weighted by atomic mass is 10.2. The molecule has 0 radical (unpaired) electrons. The molecule has 2 aromatic rings. The Morgan fingerprint density at radius 1 is 1.29 bits per heavy atom. The summed E-state index contributed by atoms with van der Waals surface area (Å²) >= 11 is 5.65. The molecule has 0 fully saturated rings. The first-order valence-electron chi connectivity index (χ1n) is 4.61. The summed E-state index contributed by atoms with van der Waals surface area (Å²) in [5, 5.41) is 0.292. The molecular formula is C10H8ClFN4O. The van der Waals surface area contributed by atoms with Gasteiger partial charge in [-0.1, -0.05) is 11.6 Å². The van der Waals surface area contributed by atoms with Crippen LogP contribution in [0, 0.1) is 5.82 Å². The molecule has 0 unspecified atom stereocenters. The van der Waals surface area contributed by atoms with Gasteiger partial charge in [-0.3, -0.25) is 0 Å². The quantitative estimate of drug-likeness (QED) is 0.886. The van der Waals surface area contributed by atoms with E-state index in [-0.39, 0.29) is 23.3 Å². The second-order valence-corrected chi connectivity index (χ2v) is 3.56. The van der Waals surface area contributed by atoms with Crippen LogP contribution < -0.4 is 10.5 Å². The predicted molar refractivity (Wildman–Crippen MR) is 61.2 cm³/mol. The smallest absolute Gasteiger partial charge is 0.321 e. The van der Waals surface area contributed by atoms with E-state index in [9.17, 15) is 4.39 Å². The first kappa shape index (κ1) is 11.5. The van der Waals surface area contributed by atoms with Crippen LogP contribution in [-0.4, -0.2) is 22.1 Å². The Hall–Kier alpha value is -1.95. The Balaban J connectivity index is 2.55. The third-order valence-electron chi connectivity index (χ3n) is 1.99. The highest BCUT2D eigenvalue weighted by molar-refractivity contribution is 6.30. The Kier molecular flexibility index (Phi) is 3.06. The van der Waals surface area contributed by atoms with Crippen molar-refractivity contribution in [2.75, 3.05) is 12.8 Å². The molecule has 88 valence electrons. The van der Waals surface area contributed by atoms with Gasteiger partial charge >= 0.3 is 6.01 Å². The van der Waals surface area contributed by atoms with Crippen molar-refractivity contribution in [3.8, 4) is 17.4 Å². The van der Waals surface area contributed by atoms with Crippen LogP contribution in [0.3, 0.4) is 0 Å². The lowest BCUT2D eigenvalue weighted by Gasteiger charge is -2.04. The van der Waals surface area contributed by atoms with Crippen molar-refractivity contribution in [2.24, 2.45) is 0 Å². The van der Waals surface area contributed by atoms with E-state index in [1.807, 2.05) is 0 Å². The van der Waals surface area contributed by atoms with E-state index in [0.29, 0.717) is 5.02 Å². The van der Waals surface area contributed by atoms with Crippen LogP contribution in [0.4, 0.5) is 10.3 Å². The van der Waals surface area contributed by atoms with Gasteiger partial charge in [0, 0.05) is 5.02 Å². The van der Waals surface area contributed by atoms with Crippen LogP contribution >= 0.6 is 11.6 Å². The van der Waals surface area contributed by atoms with Crippen molar-refractivity contribution in [1.82, 2.24) is 15.0 Å². The van der Waals surface area contributed by atoms with Crippen LogP contribution in [0.25, 0.3) is 11.4 Å². The zero-order valence-electron chi connectivity index (χ0n) is 8.82. The molecule has 5 nitrogen and oxygen atoms in total. The van der Waals surface area contributed by atoms with Gasteiger partial charge in [-0.25, -0.2) is 4.39 Å². The van der Waals surface area contributed by atoms with Crippen molar-refractivity contribution in [3.05, 3.63) is 29.0 Å². The summed E-state index contributed by atoms with van der Waals surface area (Å²) in [4.78, 5) is 11.5. The molecule has 0 aliphatic carbocycles. The normalized spacial score (nSPS) is 10.3. The number of aromatic nitrogens is 3. The maximum absolute atomic E-state index is 13.6. The largest absolute Gasteiger partial charge is 0.467 e. The van der Waals surface area contributed by atoms with Crippen LogP contribution in [0.1, 0.15) is 0 Å². The van der Waals surface area contributed by atoms with E-state index in [1.54, 1.807) is 0 Å². The van der Waals surface area contributed by atoms with Crippen LogP contribution in [-0.2, 0) is 0 Å². The van der Waals surface area contributed by atoms with Gasteiger partial charge in [0.25, 0.3) is 0 Å². The van der Waals surface area contributed by atoms with Crippen molar-refractivity contribution in [2.45, 2.75) is 0 Å². The second kappa shape index (κ2) is 4.50. The van der Waals surface area contributed by atoms with Crippen LogP contribution in [0.2, 0.25) is 5.02 Å². The summed E-state index contributed by atoms with van der Waals surface area (Å²) in [6.07, 6.45) is 0. The lowest BCUT2D eigenvalue weighted by molar-refractivity contribution is 0.379. The van der Waals surface area contributed by atoms with Gasteiger partial charge in [-0.2, -0.15) is 15.0 Å². The Bertz CT molecular complexity index is 564. The molecule has 17 heavy (non-hydrogen) atoms. The molecular weight excluding hydrogens is 247 g/mol. The highest BCUT2D eigenvalue weighted by Gasteiger charge is 2.11. The maximum Gasteiger partial charge on any atom is 0.321 e. The zero-order chi connectivity index (χ0) is 12.4. The molecule has 0 amide bonds. The fourth-order valence-electron chi connectivity index (χ4n) is 1.25. The van der Waals surface area contributed by atoms with Gasteiger partial charge in [0.2, 0.25) is 5.95 Å². The van der Waals surface area contributed by atoms with E-state index in [1.165, 1.54) is 25.3 Å². The molecule has 1 aromatic heterocycles. The summed E-state index contributed by atoms with van der Waals surface area (Å²) < 4.78 is 18.5. The average Bonchev–Trinajstić information content (AvgIpc) is 2.28. The van der Waals surface area contributed by atoms with E-state index >= 15 is 0 Å². The summed E-state index contributed by atoms with van der Waals surface area (Å²) in [5.41, 5.74) is 5.64. The number of nitrogens with zero attached hydrogens (tertiary/aromatic N) is 3. The number of anilines is 1. The van der Waals surface area contributed by atoms with Crippen molar-refractivity contribution in [1.29, 1.82) is 0 Å². The lowest BCUT2D eigenvalue weighted by Crippen LogP contribution is -2.03. The average molecular weight is 255 g/mol. The summed E-state index contributed by atoms with van der Waals surface area (Å²) in [6.45, 7) is 0. The molecule has 0 saturated heterocycles. The predicted octanol–water partition coefficient (Wildman–Crippen LogP) is 1.92. The third-order valence-corrected chi connectivity index (χ3v) is 2.22. The minimum Gasteiger partial charge on any atom is -0.467 e. The standard InChI is InChI=1S/C10H8ClFN4O/c1-17-10-15-8(14-9(13)16-10)6-3-2-5(11)4-7(6)12/h2-4H,1H3,(H2,13,14,15,16). The number of hydrogen-bond acceptors (Lipinski definition) is 5. The zero-order valence-corrected chi connectivity index (χ0v) is 9.57. The highest BCUT2D eigenvalue weighted by atomic mass is 35.5. The number of hydrogen-bond donors (Lipinski definition) is 1. The molecule has 0 aliphatic heterocycles. The molecule has 1 aromatic carbocycles. The van der Waals surface area contributed by atoms with Crippen LogP contribution in [0.15, 0.2) is 18.2 Å². The SMILES string of the molecule is COc1nc(N)nc(-c2ccc(Cl)cc2F)n1. The number of ether oxygens (including phenoxy) is 1. The molecule has 7 heteroatoms. The minimum atomic E-state index is -0.537. The molecule has 0 bridgehead atoms. The first-order chi connectivity index (χ1) is 8.10. The molecule has 2 rings (SSSR count). The summed E-state index contributed by atoms with van der Waals surface area (Å²) in [7, 11) is 1.39. The number of benzene rings is 1. The molecule has 0 aliphatic rings. The first-order valence-corrected chi connectivity index (χ1v) is 4.99. The van der Waals surface area contributed by atoms with E-state index in [2.05, 4.69) is 15.0 Å². The highest BCUT2D eigenvalue weighted by Crippen LogP contribution is 2.23. The van der Waals surface area contributed by atoms with Gasteiger partial charge in [-0.15, -0.1) is 0 Å². The number of nitrogens with two attached hydrogens (primary N) is 1. The molecule has 1 heterocycles. The molecule has 2 N–H and O–H groups in total. The Morgan fingerprint density at radius 2 is 2.06 bits per heavy atom. The summed E-state index contributed by atoms with van der Waals surface area (Å²) in [6, 6.07) is 4.20. The van der Waals surface area contributed by atoms with Gasteiger partial charge in [0.1, 0.15) is 5.82 Å². The number of halogens is 2. The van der Waals surface area contributed by atoms with Crippen molar-refractivity contribution >= 4 is 17.5 Å². The Morgan fingerprint density at radius 3 is 2.71 bits per heavy atom. The van der Waals surface area contributed by atoms with E-state index in [4.69, 9.17) is 22.1 Å².